The van der Waals surface area contributed by atoms with Gasteiger partial charge in [0.25, 0.3) is 0 Å². The normalized spacial score (nSPS) is 22.3. The van der Waals surface area contributed by atoms with Crippen LogP contribution in [0, 0.1) is 0 Å². The van der Waals surface area contributed by atoms with Crippen LogP contribution >= 0.6 is 0 Å². The fourth-order valence-electron chi connectivity index (χ4n) is 2.57. The second kappa shape index (κ2) is 6.52. The summed E-state index contributed by atoms with van der Waals surface area (Å²) in [5.41, 5.74) is 0.735. The first-order chi connectivity index (χ1) is 9.98. The van der Waals surface area contributed by atoms with Gasteiger partial charge in [-0.1, -0.05) is 13.8 Å². The standard InChI is InChI=1S/C16H24N2O3/c1-5-20-14(19)12-10-17-15(18-13(12)11(2)3)16(4)8-6-7-9-21-16/h10-11H,5-9H2,1-4H3. The minimum atomic E-state index is -0.449. The van der Waals surface area contributed by atoms with Crippen LogP contribution in [0.3, 0.4) is 0 Å². The minimum Gasteiger partial charge on any atom is -0.462 e. The number of esters is 1. The van der Waals surface area contributed by atoms with Gasteiger partial charge in [0.2, 0.25) is 0 Å². The summed E-state index contributed by atoms with van der Waals surface area (Å²) in [6.07, 6.45) is 4.67. The smallest absolute Gasteiger partial charge is 0.341 e. The van der Waals surface area contributed by atoms with E-state index in [1.807, 2.05) is 20.8 Å². The van der Waals surface area contributed by atoms with Crippen LogP contribution in [0.5, 0.6) is 0 Å². The van der Waals surface area contributed by atoms with Crippen molar-refractivity contribution < 1.29 is 14.3 Å². The van der Waals surface area contributed by atoms with Crippen molar-refractivity contribution in [3.8, 4) is 0 Å². The molecule has 2 heterocycles. The molecule has 116 valence electrons. The van der Waals surface area contributed by atoms with Crippen molar-refractivity contribution in [2.75, 3.05) is 13.2 Å². The summed E-state index contributed by atoms with van der Waals surface area (Å²) in [6, 6.07) is 0. The molecule has 0 amide bonds. The highest BCUT2D eigenvalue weighted by Gasteiger charge is 2.34. The monoisotopic (exact) mass is 292 g/mol. The summed E-state index contributed by atoms with van der Waals surface area (Å²) in [5, 5.41) is 0. The van der Waals surface area contributed by atoms with Gasteiger partial charge < -0.3 is 9.47 Å². The number of aromatic nitrogens is 2. The summed E-state index contributed by atoms with van der Waals surface area (Å²) in [7, 11) is 0. The fourth-order valence-corrected chi connectivity index (χ4v) is 2.57. The molecule has 21 heavy (non-hydrogen) atoms. The molecule has 0 radical (unpaired) electrons. The summed E-state index contributed by atoms with van der Waals surface area (Å²) in [5.74, 6) is 0.430. The molecule has 1 fully saturated rings. The van der Waals surface area contributed by atoms with Crippen molar-refractivity contribution in [2.45, 2.75) is 58.5 Å². The van der Waals surface area contributed by atoms with Crippen LogP contribution in [-0.4, -0.2) is 29.2 Å². The van der Waals surface area contributed by atoms with Crippen molar-refractivity contribution in [1.29, 1.82) is 0 Å². The zero-order chi connectivity index (χ0) is 15.5. The average molecular weight is 292 g/mol. The van der Waals surface area contributed by atoms with Gasteiger partial charge in [0.1, 0.15) is 5.60 Å². The third-order valence-corrected chi connectivity index (χ3v) is 3.80. The SMILES string of the molecule is CCOC(=O)c1cnc(C2(C)CCCCO2)nc1C(C)C. The Balaban J connectivity index is 2.38. The second-order valence-corrected chi connectivity index (χ2v) is 5.90. The van der Waals surface area contributed by atoms with Crippen molar-refractivity contribution in [3.63, 3.8) is 0 Å². The lowest BCUT2D eigenvalue weighted by atomic mass is 9.94. The Morgan fingerprint density at radius 2 is 2.24 bits per heavy atom. The number of nitrogens with zero attached hydrogens (tertiary/aromatic N) is 2. The molecule has 1 saturated heterocycles. The number of hydrogen-bond acceptors (Lipinski definition) is 5. The van der Waals surface area contributed by atoms with Gasteiger partial charge in [-0.15, -0.1) is 0 Å². The summed E-state index contributed by atoms with van der Waals surface area (Å²) in [4.78, 5) is 21.0. The summed E-state index contributed by atoms with van der Waals surface area (Å²) in [6.45, 7) is 8.92. The zero-order valence-electron chi connectivity index (χ0n) is 13.3. The number of carbonyl (C=O) groups excluding carboxylic acids is 1. The molecule has 1 atom stereocenters. The lowest BCUT2D eigenvalue weighted by Crippen LogP contribution is -2.33. The van der Waals surface area contributed by atoms with E-state index in [1.54, 1.807) is 13.1 Å². The van der Waals surface area contributed by atoms with Gasteiger partial charge in [-0.05, 0) is 39.0 Å². The van der Waals surface area contributed by atoms with E-state index in [-0.39, 0.29) is 11.9 Å². The molecule has 0 bridgehead atoms. The van der Waals surface area contributed by atoms with Gasteiger partial charge in [-0.3, -0.25) is 0 Å². The van der Waals surface area contributed by atoms with E-state index in [4.69, 9.17) is 9.47 Å². The van der Waals surface area contributed by atoms with E-state index in [0.29, 0.717) is 18.0 Å². The molecule has 5 nitrogen and oxygen atoms in total. The number of ether oxygens (including phenoxy) is 2. The van der Waals surface area contributed by atoms with Crippen LogP contribution in [0.4, 0.5) is 0 Å². The molecule has 1 aromatic rings. The Hall–Kier alpha value is -1.49. The van der Waals surface area contributed by atoms with E-state index in [1.165, 1.54) is 0 Å². The molecule has 5 heteroatoms. The van der Waals surface area contributed by atoms with Gasteiger partial charge >= 0.3 is 5.97 Å². The van der Waals surface area contributed by atoms with Crippen LogP contribution in [0.15, 0.2) is 6.20 Å². The number of carbonyl (C=O) groups is 1. The highest BCUT2D eigenvalue weighted by atomic mass is 16.5. The molecular weight excluding hydrogens is 268 g/mol. The first-order valence-electron chi connectivity index (χ1n) is 7.66. The van der Waals surface area contributed by atoms with E-state index in [0.717, 1.165) is 31.6 Å². The van der Waals surface area contributed by atoms with Crippen molar-refractivity contribution in [2.24, 2.45) is 0 Å². The first kappa shape index (κ1) is 15.9. The van der Waals surface area contributed by atoms with E-state index < -0.39 is 5.60 Å². The average Bonchev–Trinajstić information content (AvgIpc) is 2.47. The minimum absolute atomic E-state index is 0.123. The Morgan fingerprint density at radius 3 is 2.81 bits per heavy atom. The zero-order valence-corrected chi connectivity index (χ0v) is 13.3. The third kappa shape index (κ3) is 3.40. The third-order valence-electron chi connectivity index (χ3n) is 3.80. The first-order valence-corrected chi connectivity index (χ1v) is 7.66. The Labute approximate surface area is 126 Å². The van der Waals surface area contributed by atoms with Crippen molar-refractivity contribution >= 4 is 5.97 Å². The molecule has 1 aliphatic rings. The van der Waals surface area contributed by atoms with Crippen LogP contribution in [0.2, 0.25) is 0 Å². The van der Waals surface area contributed by atoms with Gasteiger partial charge in [-0.2, -0.15) is 0 Å². The van der Waals surface area contributed by atoms with Gasteiger partial charge in [0, 0.05) is 12.8 Å². The molecule has 0 N–H and O–H groups in total. The Kier molecular flexibility index (Phi) is 4.93. The maximum Gasteiger partial charge on any atom is 0.341 e. The van der Waals surface area contributed by atoms with E-state index >= 15 is 0 Å². The molecule has 0 saturated carbocycles. The second-order valence-electron chi connectivity index (χ2n) is 5.90. The molecule has 1 unspecified atom stereocenters. The quantitative estimate of drug-likeness (QED) is 0.798. The van der Waals surface area contributed by atoms with Gasteiger partial charge in [-0.25, -0.2) is 14.8 Å². The molecule has 0 aromatic carbocycles. The lowest BCUT2D eigenvalue weighted by Gasteiger charge is -2.32. The van der Waals surface area contributed by atoms with Crippen LogP contribution < -0.4 is 0 Å². The topological polar surface area (TPSA) is 61.3 Å². The van der Waals surface area contributed by atoms with Crippen molar-refractivity contribution in [1.82, 2.24) is 9.97 Å². The van der Waals surface area contributed by atoms with E-state index in [2.05, 4.69) is 9.97 Å². The Bertz CT molecular complexity index is 508. The predicted octanol–water partition coefficient (Wildman–Crippen LogP) is 3.19. The molecule has 0 spiro atoms. The maximum absolute atomic E-state index is 12.0. The molecule has 0 aliphatic carbocycles. The molecular formula is C16H24N2O3. The fraction of sp³-hybridized carbons (Fsp3) is 0.688. The summed E-state index contributed by atoms with van der Waals surface area (Å²) < 4.78 is 11.0. The predicted molar refractivity (Wildman–Crippen MR) is 79.2 cm³/mol. The lowest BCUT2D eigenvalue weighted by molar-refractivity contribution is -0.0762. The molecule has 2 rings (SSSR count). The van der Waals surface area contributed by atoms with Crippen LogP contribution in [0.1, 0.15) is 74.8 Å². The van der Waals surface area contributed by atoms with Gasteiger partial charge in [0.05, 0.1) is 17.9 Å². The van der Waals surface area contributed by atoms with Crippen LogP contribution in [-0.2, 0) is 15.1 Å². The summed E-state index contributed by atoms with van der Waals surface area (Å²) >= 11 is 0. The van der Waals surface area contributed by atoms with Crippen LogP contribution in [0.25, 0.3) is 0 Å². The highest BCUT2D eigenvalue weighted by Crippen LogP contribution is 2.33. The highest BCUT2D eigenvalue weighted by molar-refractivity contribution is 5.90. The Morgan fingerprint density at radius 1 is 1.48 bits per heavy atom. The molecule has 1 aromatic heterocycles. The molecule has 1 aliphatic heterocycles. The maximum atomic E-state index is 12.0. The van der Waals surface area contributed by atoms with E-state index in [9.17, 15) is 4.79 Å². The largest absolute Gasteiger partial charge is 0.462 e. The number of rotatable bonds is 4. The van der Waals surface area contributed by atoms with Gasteiger partial charge in [0.15, 0.2) is 5.82 Å². The van der Waals surface area contributed by atoms with Crippen molar-refractivity contribution in [3.05, 3.63) is 23.3 Å². The number of hydrogen-bond donors (Lipinski definition) is 0.